The van der Waals surface area contributed by atoms with Crippen molar-refractivity contribution in [3.8, 4) is 0 Å². The number of hydrogen-bond acceptors (Lipinski definition) is 5. The summed E-state index contributed by atoms with van der Waals surface area (Å²) in [5.74, 6) is 0.292. The Kier molecular flexibility index (Phi) is 6.11. The summed E-state index contributed by atoms with van der Waals surface area (Å²) < 4.78 is 28.7. The molecule has 9 heteroatoms. The van der Waals surface area contributed by atoms with Gasteiger partial charge in [-0.05, 0) is 54.8 Å². The number of benzene rings is 2. The number of nitrogens with one attached hydrogen (secondary N) is 1. The lowest BCUT2D eigenvalue weighted by atomic mass is 10.2. The molecule has 2 aromatic carbocycles. The number of aryl methyl sites for hydroxylation is 1. The number of hydrogen-bond donors (Lipinski definition) is 1. The zero-order chi connectivity index (χ0) is 22.7. The van der Waals surface area contributed by atoms with Gasteiger partial charge in [0, 0.05) is 23.6 Å². The molecule has 1 amide bonds. The highest BCUT2D eigenvalue weighted by Crippen LogP contribution is 2.23. The van der Waals surface area contributed by atoms with Crippen LogP contribution in [-0.2, 0) is 16.6 Å². The van der Waals surface area contributed by atoms with Gasteiger partial charge in [-0.2, -0.15) is 5.10 Å². The van der Waals surface area contributed by atoms with Gasteiger partial charge in [0.25, 0.3) is 15.9 Å². The Bertz CT molecular complexity index is 1310. The standard InChI is InChI=1S/C23H22N4O3S2/c1-17-5-11-21(12-6-17)32(29,30)26(2)19-9-7-18(8-10-19)23(28)25-22-13-14-24-27(22)16-20-4-3-15-31-20/h3-15H,16H2,1-2H3,(H,25,28). The van der Waals surface area contributed by atoms with Crippen molar-refractivity contribution in [1.29, 1.82) is 0 Å². The second-order valence-corrected chi connectivity index (χ2v) is 10.2. The van der Waals surface area contributed by atoms with Crippen LogP contribution in [0.3, 0.4) is 0 Å². The number of thiophene rings is 1. The first-order valence-electron chi connectivity index (χ1n) is 9.86. The van der Waals surface area contributed by atoms with Gasteiger partial charge in [-0.1, -0.05) is 23.8 Å². The average Bonchev–Trinajstić information content (AvgIpc) is 3.46. The maximum atomic E-state index is 12.9. The van der Waals surface area contributed by atoms with Crippen LogP contribution in [0.25, 0.3) is 0 Å². The summed E-state index contributed by atoms with van der Waals surface area (Å²) in [6, 6.07) is 18.9. The molecule has 2 heterocycles. The third-order valence-electron chi connectivity index (χ3n) is 5.02. The molecule has 164 valence electrons. The van der Waals surface area contributed by atoms with Crippen LogP contribution in [0.5, 0.6) is 0 Å². The molecule has 0 atom stereocenters. The summed E-state index contributed by atoms with van der Waals surface area (Å²) in [5, 5.41) is 9.13. The minimum atomic E-state index is -3.69. The Balaban J connectivity index is 1.47. The topological polar surface area (TPSA) is 84.3 Å². The average molecular weight is 467 g/mol. The molecule has 0 aliphatic rings. The minimum absolute atomic E-state index is 0.214. The molecule has 0 radical (unpaired) electrons. The fourth-order valence-corrected chi connectivity index (χ4v) is 5.01. The normalized spacial score (nSPS) is 11.3. The Morgan fingerprint density at radius 1 is 1.06 bits per heavy atom. The number of aromatic nitrogens is 2. The van der Waals surface area contributed by atoms with E-state index in [0.29, 0.717) is 23.6 Å². The number of rotatable bonds is 7. The first-order valence-corrected chi connectivity index (χ1v) is 12.2. The highest BCUT2D eigenvalue weighted by molar-refractivity contribution is 7.92. The third kappa shape index (κ3) is 4.58. The molecule has 4 rings (SSSR count). The molecule has 1 N–H and O–H groups in total. The number of sulfonamides is 1. The van der Waals surface area contributed by atoms with E-state index in [1.807, 2.05) is 24.4 Å². The number of nitrogens with zero attached hydrogens (tertiary/aromatic N) is 3. The number of carbonyl (C=O) groups is 1. The Morgan fingerprint density at radius 2 is 1.78 bits per heavy atom. The second-order valence-electron chi connectivity index (χ2n) is 7.24. The zero-order valence-corrected chi connectivity index (χ0v) is 19.2. The van der Waals surface area contributed by atoms with Gasteiger partial charge < -0.3 is 5.32 Å². The van der Waals surface area contributed by atoms with E-state index in [1.54, 1.807) is 76.8 Å². The van der Waals surface area contributed by atoms with Gasteiger partial charge in [-0.15, -0.1) is 11.3 Å². The molecule has 0 aliphatic carbocycles. The van der Waals surface area contributed by atoms with E-state index in [1.165, 1.54) is 11.4 Å². The molecule has 0 saturated carbocycles. The predicted molar refractivity (Wildman–Crippen MR) is 127 cm³/mol. The van der Waals surface area contributed by atoms with Crippen molar-refractivity contribution in [3.63, 3.8) is 0 Å². The predicted octanol–water partition coefficient (Wildman–Crippen LogP) is 4.38. The maximum Gasteiger partial charge on any atom is 0.264 e. The first kappa shape index (κ1) is 21.8. The van der Waals surface area contributed by atoms with Crippen LogP contribution in [0, 0.1) is 6.92 Å². The first-order chi connectivity index (χ1) is 15.3. The van der Waals surface area contributed by atoms with Crippen LogP contribution in [0.2, 0.25) is 0 Å². The number of carbonyl (C=O) groups excluding carboxylic acids is 1. The lowest BCUT2D eigenvalue weighted by Crippen LogP contribution is -2.26. The van der Waals surface area contributed by atoms with Crippen LogP contribution in [0.4, 0.5) is 11.5 Å². The molecule has 0 spiro atoms. The van der Waals surface area contributed by atoms with E-state index in [4.69, 9.17) is 0 Å². The molecule has 0 saturated heterocycles. The van der Waals surface area contributed by atoms with Gasteiger partial charge in [-0.25, -0.2) is 13.1 Å². The number of anilines is 2. The summed E-state index contributed by atoms with van der Waals surface area (Å²) in [5.41, 5.74) is 1.86. The van der Waals surface area contributed by atoms with Gasteiger partial charge in [0.15, 0.2) is 0 Å². The summed E-state index contributed by atoms with van der Waals surface area (Å²) in [4.78, 5) is 14.1. The van der Waals surface area contributed by atoms with Gasteiger partial charge in [0.05, 0.1) is 23.3 Å². The van der Waals surface area contributed by atoms with Crippen molar-refractivity contribution in [1.82, 2.24) is 9.78 Å². The minimum Gasteiger partial charge on any atom is -0.307 e. The van der Waals surface area contributed by atoms with Crippen molar-refractivity contribution >= 4 is 38.8 Å². The van der Waals surface area contributed by atoms with Crippen LogP contribution in [0.15, 0.2) is 83.2 Å². The summed E-state index contributed by atoms with van der Waals surface area (Å²) in [6.07, 6.45) is 1.64. The van der Waals surface area contributed by atoms with Crippen molar-refractivity contribution in [2.75, 3.05) is 16.7 Å². The Morgan fingerprint density at radius 3 is 2.44 bits per heavy atom. The maximum absolute atomic E-state index is 12.9. The van der Waals surface area contributed by atoms with Crippen LogP contribution < -0.4 is 9.62 Å². The Labute approximate surface area is 191 Å². The lowest BCUT2D eigenvalue weighted by Gasteiger charge is -2.20. The Hall–Kier alpha value is -3.43. The van der Waals surface area contributed by atoms with Gasteiger partial charge in [-0.3, -0.25) is 9.10 Å². The quantitative estimate of drug-likeness (QED) is 0.438. The summed E-state index contributed by atoms with van der Waals surface area (Å²) in [7, 11) is -2.20. The van der Waals surface area contributed by atoms with Crippen molar-refractivity contribution in [2.45, 2.75) is 18.4 Å². The van der Waals surface area contributed by atoms with Crippen molar-refractivity contribution in [3.05, 3.63) is 94.3 Å². The summed E-state index contributed by atoms with van der Waals surface area (Å²) in [6.45, 7) is 2.47. The number of amides is 1. The molecule has 0 unspecified atom stereocenters. The van der Waals surface area contributed by atoms with Crippen LogP contribution in [0.1, 0.15) is 20.8 Å². The highest BCUT2D eigenvalue weighted by atomic mass is 32.2. The molecular weight excluding hydrogens is 444 g/mol. The zero-order valence-electron chi connectivity index (χ0n) is 17.6. The largest absolute Gasteiger partial charge is 0.307 e. The molecular formula is C23H22N4O3S2. The van der Waals surface area contributed by atoms with Crippen LogP contribution in [-0.4, -0.2) is 31.2 Å². The SMILES string of the molecule is Cc1ccc(S(=O)(=O)N(C)c2ccc(C(=O)Nc3ccnn3Cc3cccs3)cc2)cc1. The van der Waals surface area contributed by atoms with Gasteiger partial charge in [0.1, 0.15) is 5.82 Å². The molecule has 0 aliphatic heterocycles. The van der Waals surface area contributed by atoms with E-state index in [2.05, 4.69) is 10.4 Å². The molecule has 0 bridgehead atoms. The van der Waals surface area contributed by atoms with Gasteiger partial charge >= 0.3 is 0 Å². The fraction of sp³-hybridized carbons (Fsp3) is 0.130. The third-order valence-corrected chi connectivity index (χ3v) is 7.68. The summed E-state index contributed by atoms with van der Waals surface area (Å²) >= 11 is 1.62. The smallest absolute Gasteiger partial charge is 0.264 e. The van der Waals surface area contributed by atoms with E-state index < -0.39 is 10.0 Å². The fourth-order valence-electron chi connectivity index (χ4n) is 3.13. The van der Waals surface area contributed by atoms with E-state index >= 15 is 0 Å². The monoisotopic (exact) mass is 466 g/mol. The van der Waals surface area contributed by atoms with Gasteiger partial charge in [0.2, 0.25) is 0 Å². The molecule has 4 aromatic rings. The van der Waals surface area contributed by atoms with Crippen molar-refractivity contribution < 1.29 is 13.2 Å². The van der Waals surface area contributed by atoms with Crippen molar-refractivity contribution in [2.24, 2.45) is 0 Å². The van der Waals surface area contributed by atoms with Crippen LogP contribution >= 0.6 is 11.3 Å². The highest BCUT2D eigenvalue weighted by Gasteiger charge is 2.21. The lowest BCUT2D eigenvalue weighted by molar-refractivity contribution is 0.102. The second kappa shape index (κ2) is 8.97. The molecule has 2 aromatic heterocycles. The molecule has 0 fully saturated rings. The van der Waals surface area contributed by atoms with E-state index in [-0.39, 0.29) is 10.8 Å². The molecule has 32 heavy (non-hydrogen) atoms. The van der Waals surface area contributed by atoms with E-state index in [0.717, 1.165) is 10.4 Å². The molecule has 7 nitrogen and oxygen atoms in total. The van der Waals surface area contributed by atoms with E-state index in [9.17, 15) is 13.2 Å².